The van der Waals surface area contributed by atoms with E-state index in [1.165, 1.54) is 11.8 Å². The number of hydrogen-bond donors (Lipinski definition) is 1. The Morgan fingerprint density at radius 2 is 1.35 bits per heavy atom. The molecule has 136 valence electrons. The van der Waals surface area contributed by atoms with Crippen molar-refractivity contribution < 1.29 is 24.2 Å². The fourth-order valence-electron chi connectivity index (χ4n) is 2.32. The number of benzene rings is 2. The maximum atomic E-state index is 12.8. The number of Topliss-reactive ketones (excluding diaryl/α,β-unsaturated/α-hetero) is 2. The van der Waals surface area contributed by atoms with Crippen molar-refractivity contribution in [1.82, 2.24) is 0 Å². The second-order valence-electron chi connectivity index (χ2n) is 5.40. The third kappa shape index (κ3) is 5.54. The van der Waals surface area contributed by atoms with Gasteiger partial charge < -0.3 is 9.84 Å². The van der Waals surface area contributed by atoms with Crippen molar-refractivity contribution >= 4 is 29.3 Å². The Labute approximate surface area is 156 Å². The molecular formula is C20H20O5S. The molecule has 0 aliphatic carbocycles. The summed E-state index contributed by atoms with van der Waals surface area (Å²) in [7, 11) is 0. The van der Waals surface area contributed by atoms with Crippen LogP contribution in [0.2, 0.25) is 0 Å². The number of rotatable bonds is 10. The van der Waals surface area contributed by atoms with Crippen LogP contribution in [0, 0.1) is 5.92 Å². The fourth-order valence-corrected chi connectivity index (χ4v) is 2.86. The summed E-state index contributed by atoms with van der Waals surface area (Å²) in [5, 5.41) is 8.74. The van der Waals surface area contributed by atoms with Crippen molar-refractivity contribution in [2.75, 3.05) is 24.7 Å². The smallest absolute Gasteiger partial charge is 0.324 e. The highest BCUT2D eigenvalue weighted by Crippen LogP contribution is 2.17. The Balaban J connectivity index is 2.17. The molecule has 0 bridgehead atoms. The van der Waals surface area contributed by atoms with E-state index in [1.54, 1.807) is 60.7 Å². The van der Waals surface area contributed by atoms with Crippen LogP contribution in [0.1, 0.15) is 20.7 Å². The molecule has 2 aromatic rings. The van der Waals surface area contributed by atoms with E-state index >= 15 is 0 Å². The predicted octanol–water partition coefficient (Wildman–Crippen LogP) is 2.64. The molecule has 0 heterocycles. The van der Waals surface area contributed by atoms with Crippen LogP contribution in [0.4, 0.5) is 0 Å². The molecule has 0 amide bonds. The maximum Gasteiger partial charge on any atom is 0.324 e. The molecule has 5 nitrogen and oxygen atoms in total. The van der Waals surface area contributed by atoms with Gasteiger partial charge in [0.05, 0.1) is 6.61 Å². The van der Waals surface area contributed by atoms with Crippen LogP contribution in [0.25, 0.3) is 0 Å². The Bertz CT molecular complexity index is 679. The highest BCUT2D eigenvalue weighted by molar-refractivity contribution is 7.99. The van der Waals surface area contributed by atoms with E-state index < -0.39 is 23.5 Å². The average Bonchev–Trinajstić information content (AvgIpc) is 2.69. The lowest BCUT2D eigenvalue weighted by Gasteiger charge is -2.14. The zero-order chi connectivity index (χ0) is 18.8. The van der Waals surface area contributed by atoms with Gasteiger partial charge >= 0.3 is 5.97 Å². The molecule has 6 heteroatoms. The van der Waals surface area contributed by atoms with Crippen LogP contribution in [0.5, 0.6) is 0 Å². The van der Waals surface area contributed by atoms with Gasteiger partial charge in [-0.15, -0.1) is 0 Å². The molecule has 2 rings (SSSR count). The Morgan fingerprint density at radius 1 is 0.846 bits per heavy atom. The van der Waals surface area contributed by atoms with Gasteiger partial charge in [-0.05, 0) is 0 Å². The van der Waals surface area contributed by atoms with Crippen LogP contribution in [-0.2, 0) is 9.53 Å². The van der Waals surface area contributed by atoms with Crippen molar-refractivity contribution in [2.45, 2.75) is 0 Å². The predicted molar refractivity (Wildman–Crippen MR) is 100 cm³/mol. The summed E-state index contributed by atoms with van der Waals surface area (Å²) in [4.78, 5) is 38.0. The minimum absolute atomic E-state index is 0.0419. The van der Waals surface area contributed by atoms with Crippen LogP contribution in [-0.4, -0.2) is 47.4 Å². The molecule has 2 aromatic carbocycles. The normalized spacial score (nSPS) is 10.5. The van der Waals surface area contributed by atoms with Gasteiger partial charge in [0.25, 0.3) is 0 Å². The monoisotopic (exact) mass is 372 g/mol. The molecule has 0 aromatic heterocycles. The molecule has 0 aliphatic heterocycles. The second-order valence-corrected chi connectivity index (χ2v) is 6.62. The van der Waals surface area contributed by atoms with Crippen LogP contribution >= 0.6 is 11.8 Å². The largest absolute Gasteiger partial charge is 0.464 e. The second kappa shape index (κ2) is 10.5. The number of carbonyl (C=O) groups excluding carboxylic acids is 3. The summed E-state index contributed by atoms with van der Waals surface area (Å²) in [6.07, 6.45) is 0. The molecular weight excluding hydrogens is 352 g/mol. The number of hydrogen-bond acceptors (Lipinski definition) is 6. The van der Waals surface area contributed by atoms with Gasteiger partial charge in [0.2, 0.25) is 0 Å². The van der Waals surface area contributed by atoms with E-state index in [2.05, 4.69) is 0 Å². The molecule has 0 aliphatic rings. The fraction of sp³-hybridized carbons (Fsp3) is 0.250. The number of aliphatic hydroxyl groups is 1. The molecule has 0 spiro atoms. The zero-order valence-corrected chi connectivity index (χ0v) is 15.0. The lowest BCUT2D eigenvalue weighted by atomic mass is 9.90. The summed E-state index contributed by atoms with van der Waals surface area (Å²) in [6, 6.07) is 16.5. The Kier molecular flexibility index (Phi) is 8.05. The van der Waals surface area contributed by atoms with Gasteiger partial charge in [0.1, 0.15) is 6.61 Å². The summed E-state index contributed by atoms with van der Waals surface area (Å²) in [6.45, 7) is 0.115. The molecule has 26 heavy (non-hydrogen) atoms. The molecule has 0 saturated heterocycles. The first-order valence-corrected chi connectivity index (χ1v) is 9.34. The highest BCUT2D eigenvalue weighted by Gasteiger charge is 2.36. The van der Waals surface area contributed by atoms with E-state index in [9.17, 15) is 14.4 Å². The van der Waals surface area contributed by atoms with E-state index in [0.29, 0.717) is 11.5 Å². The van der Waals surface area contributed by atoms with E-state index in [-0.39, 0.29) is 24.3 Å². The minimum Gasteiger partial charge on any atom is -0.464 e. The number of ketones is 2. The zero-order valence-electron chi connectivity index (χ0n) is 14.2. The quantitative estimate of drug-likeness (QED) is 0.299. The molecule has 0 saturated carbocycles. The molecule has 0 radical (unpaired) electrons. The van der Waals surface area contributed by atoms with Crippen molar-refractivity contribution in [2.24, 2.45) is 5.92 Å². The van der Waals surface area contributed by atoms with Crippen molar-refractivity contribution in [3.05, 3.63) is 71.8 Å². The molecule has 0 unspecified atom stereocenters. The van der Waals surface area contributed by atoms with Gasteiger partial charge in [0, 0.05) is 22.6 Å². The van der Waals surface area contributed by atoms with Crippen molar-refractivity contribution in [3.63, 3.8) is 0 Å². The third-order valence-electron chi connectivity index (χ3n) is 3.58. The first kappa shape index (κ1) is 19.9. The number of ether oxygens (including phenoxy) is 1. The number of carbonyl (C=O) groups is 3. The summed E-state index contributed by atoms with van der Waals surface area (Å²) >= 11 is 1.42. The number of aliphatic hydroxyl groups excluding tert-OH is 1. The molecule has 1 N–H and O–H groups in total. The van der Waals surface area contributed by atoms with Gasteiger partial charge in [-0.1, -0.05) is 60.7 Å². The van der Waals surface area contributed by atoms with Gasteiger partial charge in [-0.25, -0.2) is 0 Å². The average molecular weight is 372 g/mol. The SMILES string of the molecule is O=C(OCCSCCO)C(C(=O)c1ccccc1)C(=O)c1ccccc1. The van der Waals surface area contributed by atoms with E-state index in [1.807, 2.05) is 0 Å². The van der Waals surface area contributed by atoms with Gasteiger partial charge in [0.15, 0.2) is 17.5 Å². The lowest BCUT2D eigenvalue weighted by Crippen LogP contribution is -2.34. The summed E-state index contributed by atoms with van der Waals surface area (Å²) < 4.78 is 5.15. The first-order chi connectivity index (χ1) is 12.6. The maximum absolute atomic E-state index is 12.8. The number of thioether (sulfide) groups is 1. The van der Waals surface area contributed by atoms with E-state index in [0.717, 1.165) is 0 Å². The van der Waals surface area contributed by atoms with E-state index in [4.69, 9.17) is 9.84 Å². The molecule has 0 fully saturated rings. The van der Waals surface area contributed by atoms with Crippen LogP contribution in [0.3, 0.4) is 0 Å². The topological polar surface area (TPSA) is 80.7 Å². The first-order valence-electron chi connectivity index (χ1n) is 8.19. The number of esters is 1. The summed E-state index contributed by atoms with van der Waals surface area (Å²) in [5.74, 6) is -2.51. The van der Waals surface area contributed by atoms with Gasteiger partial charge in [-0.2, -0.15) is 11.8 Å². The highest BCUT2D eigenvalue weighted by atomic mass is 32.2. The Morgan fingerprint density at radius 3 is 1.81 bits per heavy atom. The minimum atomic E-state index is -1.53. The van der Waals surface area contributed by atoms with Crippen LogP contribution in [0.15, 0.2) is 60.7 Å². The van der Waals surface area contributed by atoms with Crippen molar-refractivity contribution in [1.29, 1.82) is 0 Å². The third-order valence-corrected chi connectivity index (χ3v) is 4.51. The molecule has 0 atom stereocenters. The van der Waals surface area contributed by atoms with Crippen molar-refractivity contribution in [3.8, 4) is 0 Å². The van der Waals surface area contributed by atoms with Crippen LogP contribution < -0.4 is 0 Å². The lowest BCUT2D eigenvalue weighted by molar-refractivity contribution is -0.144. The Hall–Kier alpha value is -2.44. The van der Waals surface area contributed by atoms with Gasteiger partial charge in [-0.3, -0.25) is 14.4 Å². The standard InChI is InChI=1S/C20H20O5S/c21-11-13-26-14-12-25-20(24)17(18(22)15-7-3-1-4-8-15)19(23)16-9-5-2-6-10-16/h1-10,17,21H,11-14H2. The summed E-state index contributed by atoms with van der Waals surface area (Å²) in [5.41, 5.74) is 0.571.